The molecule has 0 heterocycles. The molecule has 16 heavy (non-hydrogen) atoms. The van der Waals surface area contributed by atoms with Gasteiger partial charge < -0.3 is 15.2 Å². The Hall–Kier alpha value is -1.07. The lowest BCUT2D eigenvalue weighted by atomic mass is 10.0. The monoisotopic (exact) mass is 287 g/mol. The van der Waals surface area contributed by atoms with E-state index in [2.05, 4.69) is 21.2 Å². The van der Waals surface area contributed by atoms with Gasteiger partial charge in [-0.1, -0.05) is 0 Å². The van der Waals surface area contributed by atoms with Crippen LogP contribution in [0.4, 0.5) is 0 Å². The molecule has 0 aliphatic rings. The molecule has 0 bridgehead atoms. The van der Waals surface area contributed by atoms with Crippen LogP contribution in [0.25, 0.3) is 0 Å². The van der Waals surface area contributed by atoms with Crippen LogP contribution in [-0.2, 0) is 0 Å². The molecule has 4 nitrogen and oxygen atoms in total. The average molecular weight is 288 g/mol. The molecule has 0 radical (unpaired) electrons. The number of hydrogen-bond acceptors (Lipinski definition) is 4. The Balaban J connectivity index is 3.30. The molecule has 1 rings (SSSR count). The van der Waals surface area contributed by atoms with Gasteiger partial charge in [0.2, 0.25) is 0 Å². The van der Waals surface area contributed by atoms with E-state index in [1.54, 1.807) is 20.0 Å². The highest BCUT2D eigenvalue weighted by Crippen LogP contribution is 2.38. The Labute approximate surface area is 103 Å². The highest BCUT2D eigenvalue weighted by Gasteiger charge is 2.19. The van der Waals surface area contributed by atoms with Gasteiger partial charge in [0.25, 0.3) is 0 Å². The summed E-state index contributed by atoms with van der Waals surface area (Å²) in [5, 5.41) is 12.6. The first-order valence-corrected chi connectivity index (χ1v) is 5.56. The van der Waals surface area contributed by atoms with Gasteiger partial charge in [0.15, 0.2) is 17.3 Å². The van der Waals surface area contributed by atoms with Gasteiger partial charge in [-0.2, -0.15) is 0 Å². The van der Waals surface area contributed by atoms with Crippen LogP contribution in [-0.4, -0.2) is 31.6 Å². The number of likely N-dealkylation sites (N-methyl/N-ethyl adjacent to an activating group) is 1. The molecule has 0 saturated heterocycles. The van der Waals surface area contributed by atoms with Gasteiger partial charge >= 0.3 is 0 Å². The summed E-state index contributed by atoms with van der Waals surface area (Å²) < 4.78 is 5.37. The van der Waals surface area contributed by atoms with Crippen molar-refractivity contribution in [3.8, 4) is 11.5 Å². The number of nitrogens with one attached hydrogen (secondary N) is 1. The normalized spacial score (nSPS) is 10.2. The van der Waals surface area contributed by atoms with Crippen molar-refractivity contribution in [1.29, 1.82) is 0 Å². The standard InChI is InChI=1S/C11H14BrNO3/c1-6-4-8(16-3)11(15)10(12)9(6)7(14)5-13-2/h4,13,15H,5H2,1-3H3. The molecule has 0 fully saturated rings. The molecule has 5 heteroatoms. The van der Waals surface area contributed by atoms with Crippen LogP contribution < -0.4 is 10.1 Å². The zero-order chi connectivity index (χ0) is 12.3. The van der Waals surface area contributed by atoms with Gasteiger partial charge in [0, 0.05) is 5.56 Å². The number of ketones is 1. The Bertz CT molecular complexity index is 418. The topological polar surface area (TPSA) is 58.6 Å². The fraction of sp³-hybridized carbons (Fsp3) is 0.364. The third-order valence-corrected chi connectivity index (χ3v) is 3.01. The third-order valence-electron chi connectivity index (χ3n) is 2.24. The summed E-state index contributed by atoms with van der Waals surface area (Å²) in [5.74, 6) is 0.225. The van der Waals surface area contributed by atoms with Crippen molar-refractivity contribution in [2.75, 3.05) is 20.7 Å². The number of aromatic hydroxyl groups is 1. The van der Waals surface area contributed by atoms with E-state index in [1.165, 1.54) is 7.11 Å². The summed E-state index contributed by atoms with van der Waals surface area (Å²) in [5.41, 5.74) is 1.24. The molecule has 0 atom stereocenters. The maximum atomic E-state index is 11.8. The van der Waals surface area contributed by atoms with E-state index in [9.17, 15) is 9.90 Å². The molecule has 2 N–H and O–H groups in total. The molecule has 1 aromatic rings. The largest absolute Gasteiger partial charge is 0.503 e. The van der Waals surface area contributed by atoms with E-state index in [0.717, 1.165) is 5.56 Å². The van der Waals surface area contributed by atoms with E-state index in [4.69, 9.17) is 4.74 Å². The maximum Gasteiger partial charge on any atom is 0.178 e. The number of halogens is 1. The first kappa shape index (κ1) is 13.0. The van der Waals surface area contributed by atoms with Gasteiger partial charge in [-0.05, 0) is 41.5 Å². The molecule has 0 aliphatic heterocycles. The number of phenolic OH excluding ortho intramolecular Hbond substituents is 1. The third kappa shape index (κ3) is 2.36. The van der Waals surface area contributed by atoms with Crippen LogP contribution >= 0.6 is 15.9 Å². The van der Waals surface area contributed by atoms with Gasteiger partial charge in [0.05, 0.1) is 18.1 Å². The number of carbonyl (C=O) groups excluding carboxylic acids is 1. The van der Waals surface area contributed by atoms with Crippen LogP contribution in [0.3, 0.4) is 0 Å². The maximum absolute atomic E-state index is 11.8. The van der Waals surface area contributed by atoms with Crippen LogP contribution in [0.1, 0.15) is 15.9 Å². The number of aryl methyl sites for hydroxylation is 1. The molecule has 0 amide bonds. The minimum absolute atomic E-state index is 0.0486. The molecule has 1 aromatic carbocycles. The van der Waals surface area contributed by atoms with Crippen LogP contribution in [0.15, 0.2) is 10.5 Å². The van der Waals surface area contributed by atoms with Gasteiger partial charge in [-0.15, -0.1) is 0 Å². The average Bonchev–Trinajstić information content (AvgIpc) is 2.24. The molecule has 0 aromatic heterocycles. The van der Waals surface area contributed by atoms with E-state index < -0.39 is 0 Å². The smallest absolute Gasteiger partial charge is 0.178 e. The summed E-state index contributed by atoms with van der Waals surface area (Å²) in [6.45, 7) is 2.03. The molecule has 0 saturated carbocycles. The second-order valence-electron chi connectivity index (χ2n) is 3.39. The van der Waals surface area contributed by atoms with Crippen LogP contribution in [0.2, 0.25) is 0 Å². The minimum atomic E-state index is -0.0789. The number of methoxy groups -OCH3 is 1. The van der Waals surface area contributed by atoms with E-state index in [1.807, 2.05) is 0 Å². The summed E-state index contributed by atoms with van der Waals surface area (Å²) >= 11 is 3.21. The molecular formula is C11H14BrNO3. The summed E-state index contributed by atoms with van der Waals surface area (Å²) in [4.78, 5) is 11.8. The lowest BCUT2D eigenvalue weighted by molar-refractivity contribution is 0.0991. The first-order chi connectivity index (χ1) is 7.52. The molecule has 0 aliphatic carbocycles. The second-order valence-corrected chi connectivity index (χ2v) is 4.18. The first-order valence-electron chi connectivity index (χ1n) is 4.76. The summed E-state index contributed by atoms with van der Waals surface area (Å²) in [6.07, 6.45) is 0. The Kier molecular flexibility index (Phi) is 4.32. The zero-order valence-corrected chi connectivity index (χ0v) is 11.0. The SMILES string of the molecule is CNCC(=O)c1c(C)cc(OC)c(O)c1Br. The van der Waals surface area contributed by atoms with E-state index >= 15 is 0 Å². The molecule has 0 unspecified atom stereocenters. The van der Waals surface area contributed by atoms with Crippen molar-refractivity contribution in [2.45, 2.75) is 6.92 Å². The predicted molar refractivity (Wildman–Crippen MR) is 65.4 cm³/mol. The van der Waals surface area contributed by atoms with Crippen molar-refractivity contribution in [2.24, 2.45) is 0 Å². The molecule has 0 spiro atoms. The van der Waals surface area contributed by atoms with Crippen molar-refractivity contribution in [3.05, 3.63) is 21.7 Å². The number of benzene rings is 1. The molecule has 88 valence electrons. The zero-order valence-electron chi connectivity index (χ0n) is 9.43. The number of ether oxygens (including phenoxy) is 1. The van der Waals surface area contributed by atoms with E-state index in [-0.39, 0.29) is 18.1 Å². The number of hydrogen-bond donors (Lipinski definition) is 2. The number of phenols is 1. The summed E-state index contributed by atoms with van der Waals surface area (Å²) in [7, 11) is 3.17. The van der Waals surface area contributed by atoms with Gasteiger partial charge in [-0.3, -0.25) is 4.79 Å². The van der Waals surface area contributed by atoms with Crippen molar-refractivity contribution in [3.63, 3.8) is 0 Å². The van der Waals surface area contributed by atoms with Gasteiger partial charge in [-0.25, -0.2) is 0 Å². The lowest BCUT2D eigenvalue weighted by Crippen LogP contribution is -2.19. The minimum Gasteiger partial charge on any atom is -0.503 e. The van der Waals surface area contributed by atoms with Gasteiger partial charge in [0.1, 0.15) is 0 Å². The predicted octanol–water partition coefficient (Wildman–Crippen LogP) is 1.87. The summed E-state index contributed by atoms with van der Waals surface area (Å²) in [6, 6.07) is 1.64. The van der Waals surface area contributed by atoms with Crippen molar-refractivity contribution in [1.82, 2.24) is 5.32 Å². The Morgan fingerprint density at radius 1 is 1.62 bits per heavy atom. The lowest BCUT2D eigenvalue weighted by Gasteiger charge is -2.12. The number of rotatable bonds is 4. The van der Waals surface area contributed by atoms with Crippen LogP contribution in [0, 0.1) is 6.92 Å². The Morgan fingerprint density at radius 2 is 2.25 bits per heavy atom. The fourth-order valence-electron chi connectivity index (χ4n) is 1.48. The van der Waals surface area contributed by atoms with Crippen LogP contribution in [0.5, 0.6) is 11.5 Å². The Morgan fingerprint density at radius 3 is 2.75 bits per heavy atom. The second kappa shape index (κ2) is 5.32. The highest BCUT2D eigenvalue weighted by atomic mass is 79.9. The van der Waals surface area contributed by atoms with Crippen molar-refractivity contribution >= 4 is 21.7 Å². The van der Waals surface area contributed by atoms with E-state index in [0.29, 0.717) is 15.8 Å². The number of Topliss-reactive ketones (excluding diaryl/α,β-unsaturated/α-hetero) is 1. The highest BCUT2D eigenvalue weighted by molar-refractivity contribution is 9.10. The number of carbonyl (C=O) groups is 1. The quantitative estimate of drug-likeness (QED) is 0.830. The molecular weight excluding hydrogens is 274 g/mol. The van der Waals surface area contributed by atoms with Crippen molar-refractivity contribution < 1.29 is 14.6 Å². The fourth-order valence-corrected chi connectivity index (χ4v) is 2.21.